The lowest BCUT2D eigenvalue weighted by molar-refractivity contribution is 0.0600. The van der Waals surface area contributed by atoms with Gasteiger partial charge in [-0.05, 0) is 59.7 Å². The molecule has 0 aliphatic heterocycles. The van der Waals surface area contributed by atoms with E-state index in [0.29, 0.717) is 12.0 Å². The molecule has 4 rings (SSSR count). The average molecular weight is 318 g/mol. The van der Waals surface area contributed by atoms with Gasteiger partial charge in [-0.15, -0.1) is 0 Å². The fourth-order valence-electron chi connectivity index (χ4n) is 3.71. The summed E-state index contributed by atoms with van der Waals surface area (Å²) in [7, 11) is 1.37. The van der Waals surface area contributed by atoms with Gasteiger partial charge >= 0.3 is 5.97 Å². The first-order valence-electron chi connectivity index (χ1n) is 8.24. The molecule has 0 heterocycles. The van der Waals surface area contributed by atoms with Gasteiger partial charge in [0.15, 0.2) is 5.78 Å². The second kappa shape index (κ2) is 5.75. The molecule has 2 aliphatic rings. The highest BCUT2D eigenvalue weighted by molar-refractivity contribution is 6.16. The first-order chi connectivity index (χ1) is 11.7. The molecule has 2 aliphatic carbocycles. The SMILES string of the molecule is COC(=O)c1ccccc1/C=C1\Cc2cc3c(cc2C1=O)CCC3. The summed E-state index contributed by atoms with van der Waals surface area (Å²) in [6, 6.07) is 11.5. The second-order valence-corrected chi connectivity index (χ2v) is 6.39. The Balaban J connectivity index is 1.73. The summed E-state index contributed by atoms with van der Waals surface area (Å²) in [5, 5.41) is 0. The Labute approximate surface area is 141 Å². The van der Waals surface area contributed by atoms with Gasteiger partial charge in [-0.3, -0.25) is 4.79 Å². The van der Waals surface area contributed by atoms with Crippen molar-refractivity contribution in [3.8, 4) is 0 Å². The molecule has 0 atom stereocenters. The van der Waals surface area contributed by atoms with Crippen molar-refractivity contribution in [1.29, 1.82) is 0 Å². The van der Waals surface area contributed by atoms with Crippen LogP contribution in [0.1, 0.15) is 49.4 Å². The van der Waals surface area contributed by atoms with E-state index in [9.17, 15) is 9.59 Å². The minimum Gasteiger partial charge on any atom is -0.465 e. The predicted molar refractivity (Wildman–Crippen MR) is 92.3 cm³/mol. The quantitative estimate of drug-likeness (QED) is 0.625. The first-order valence-corrected chi connectivity index (χ1v) is 8.24. The molecule has 0 saturated carbocycles. The van der Waals surface area contributed by atoms with E-state index in [-0.39, 0.29) is 11.8 Å². The lowest BCUT2D eigenvalue weighted by atomic mass is 10.0. The van der Waals surface area contributed by atoms with E-state index < -0.39 is 0 Å². The van der Waals surface area contributed by atoms with Gasteiger partial charge in [0, 0.05) is 17.6 Å². The van der Waals surface area contributed by atoms with Gasteiger partial charge in [0.2, 0.25) is 0 Å². The lowest BCUT2D eigenvalue weighted by Gasteiger charge is -2.04. The minimum absolute atomic E-state index is 0.0827. The Morgan fingerprint density at radius 1 is 1.08 bits per heavy atom. The van der Waals surface area contributed by atoms with E-state index >= 15 is 0 Å². The van der Waals surface area contributed by atoms with Crippen molar-refractivity contribution in [1.82, 2.24) is 0 Å². The zero-order valence-electron chi connectivity index (χ0n) is 13.6. The normalized spacial score (nSPS) is 17.0. The molecule has 0 N–H and O–H groups in total. The van der Waals surface area contributed by atoms with Crippen molar-refractivity contribution in [3.63, 3.8) is 0 Å². The molecule has 0 unspecified atom stereocenters. The number of ketones is 1. The fourth-order valence-corrected chi connectivity index (χ4v) is 3.71. The standard InChI is InChI=1S/C21H18O3/c1-24-21(23)18-8-3-2-5-15(18)10-17-11-16-9-13-6-4-7-14(13)12-19(16)20(17)22/h2-3,5,8-10,12H,4,6-7,11H2,1H3/b17-10+. The molecule has 0 radical (unpaired) electrons. The Morgan fingerprint density at radius 3 is 2.62 bits per heavy atom. The van der Waals surface area contributed by atoms with Crippen LogP contribution in [-0.2, 0) is 24.0 Å². The molecule has 0 bridgehead atoms. The molecule has 3 heteroatoms. The minimum atomic E-state index is -0.385. The molecule has 3 nitrogen and oxygen atoms in total. The molecule has 0 amide bonds. The molecular formula is C21H18O3. The Morgan fingerprint density at radius 2 is 1.83 bits per heavy atom. The van der Waals surface area contributed by atoms with Gasteiger partial charge in [0.05, 0.1) is 12.7 Å². The Bertz CT molecular complexity index is 890. The van der Waals surface area contributed by atoms with E-state index in [0.717, 1.165) is 35.1 Å². The molecule has 120 valence electrons. The number of hydrogen-bond donors (Lipinski definition) is 0. The summed E-state index contributed by atoms with van der Waals surface area (Å²) in [4.78, 5) is 24.7. The highest BCUT2D eigenvalue weighted by Crippen LogP contribution is 2.33. The maximum absolute atomic E-state index is 12.8. The zero-order chi connectivity index (χ0) is 16.7. The van der Waals surface area contributed by atoms with Gasteiger partial charge < -0.3 is 4.74 Å². The lowest BCUT2D eigenvalue weighted by Crippen LogP contribution is -2.04. The maximum Gasteiger partial charge on any atom is 0.338 e. The number of methoxy groups -OCH3 is 1. The van der Waals surface area contributed by atoms with E-state index in [4.69, 9.17) is 4.74 Å². The van der Waals surface area contributed by atoms with Crippen molar-refractivity contribution in [2.75, 3.05) is 7.11 Å². The predicted octanol–water partition coefficient (Wildman–Crippen LogP) is 3.78. The number of allylic oxidation sites excluding steroid dienone is 1. The molecular weight excluding hydrogens is 300 g/mol. The van der Waals surface area contributed by atoms with Crippen molar-refractivity contribution < 1.29 is 14.3 Å². The van der Waals surface area contributed by atoms with E-state index in [1.807, 2.05) is 18.2 Å². The number of rotatable bonds is 2. The Hall–Kier alpha value is -2.68. The van der Waals surface area contributed by atoms with Crippen LogP contribution in [0.5, 0.6) is 0 Å². The average Bonchev–Trinajstić information content (AvgIpc) is 3.17. The molecule has 0 aromatic heterocycles. The fraction of sp³-hybridized carbons (Fsp3) is 0.238. The molecule has 2 aromatic carbocycles. The van der Waals surface area contributed by atoms with Crippen LogP contribution >= 0.6 is 0 Å². The Kier molecular flexibility index (Phi) is 3.57. The number of aryl methyl sites for hydroxylation is 2. The van der Waals surface area contributed by atoms with E-state index in [2.05, 4.69) is 12.1 Å². The van der Waals surface area contributed by atoms with Gasteiger partial charge in [-0.25, -0.2) is 4.79 Å². The topological polar surface area (TPSA) is 43.4 Å². The van der Waals surface area contributed by atoms with Crippen LogP contribution in [0, 0.1) is 0 Å². The van der Waals surface area contributed by atoms with Crippen molar-refractivity contribution >= 4 is 17.8 Å². The molecule has 2 aromatic rings. The van der Waals surface area contributed by atoms with Gasteiger partial charge in [-0.1, -0.05) is 24.3 Å². The third-order valence-corrected chi connectivity index (χ3v) is 4.93. The number of esters is 1. The van der Waals surface area contributed by atoms with E-state index in [1.54, 1.807) is 12.1 Å². The zero-order valence-corrected chi connectivity index (χ0v) is 13.6. The van der Waals surface area contributed by atoms with Crippen molar-refractivity contribution in [3.05, 3.63) is 75.4 Å². The third kappa shape index (κ3) is 2.37. The van der Waals surface area contributed by atoms with Crippen LogP contribution in [0.2, 0.25) is 0 Å². The summed E-state index contributed by atoms with van der Waals surface area (Å²) in [5.74, 6) is -0.302. The van der Waals surface area contributed by atoms with Gasteiger partial charge in [0.1, 0.15) is 0 Å². The highest BCUT2D eigenvalue weighted by Gasteiger charge is 2.27. The number of ether oxygens (including phenoxy) is 1. The molecule has 24 heavy (non-hydrogen) atoms. The molecule has 0 spiro atoms. The summed E-state index contributed by atoms with van der Waals surface area (Å²) in [6.07, 6.45) is 5.83. The largest absolute Gasteiger partial charge is 0.465 e. The number of carbonyl (C=O) groups is 2. The summed E-state index contributed by atoms with van der Waals surface area (Å²) in [6.45, 7) is 0. The van der Waals surface area contributed by atoms with Crippen molar-refractivity contribution in [2.24, 2.45) is 0 Å². The molecule has 0 saturated heterocycles. The summed E-state index contributed by atoms with van der Waals surface area (Å²) >= 11 is 0. The number of carbonyl (C=O) groups excluding carboxylic acids is 2. The van der Waals surface area contributed by atoms with Gasteiger partial charge in [0.25, 0.3) is 0 Å². The van der Waals surface area contributed by atoms with E-state index in [1.165, 1.54) is 24.7 Å². The van der Waals surface area contributed by atoms with Crippen LogP contribution in [0.25, 0.3) is 6.08 Å². The first kappa shape index (κ1) is 14.9. The smallest absolute Gasteiger partial charge is 0.338 e. The molecule has 0 fully saturated rings. The van der Waals surface area contributed by atoms with Crippen LogP contribution < -0.4 is 0 Å². The maximum atomic E-state index is 12.8. The number of fused-ring (bicyclic) bond motifs is 2. The van der Waals surface area contributed by atoms with Crippen LogP contribution in [0.4, 0.5) is 0 Å². The van der Waals surface area contributed by atoms with Gasteiger partial charge in [-0.2, -0.15) is 0 Å². The second-order valence-electron chi connectivity index (χ2n) is 6.39. The van der Waals surface area contributed by atoms with Crippen LogP contribution in [0.3, 0.4) is 0 Å². The third-order valence-electron chi connectivity index (χ3n) is 4.93. The summed E-state index contributed by atoms with van der Waals surface area (Å²) < 4.78 is 4.83. The number of hydrogen-bond acceptors (Lipinski definition) is 3. The van der Waals surface area contributed by atoms with Crippen LogP contribution in [0.15, 0.2) is 42.0 Å². The summed E-state index contributed by atoms with van der Waals surface area (Å²) in [5.41, 5.74) is 6.60. The number of benzene rings is 2. The van der Waals surface area contributed by atoms with Crippen LogP contribution in [-0.4, -0.2) is 18.9 Å². The monoisotopic (exact) mass is 318 g/mol. The number of Topliss-reactive ketones (excluding diaryl/α,β-unsaturated/α-hetero) is 1. The van der Waals surface area contributed by atoms with Crippen molar-refractivity contribution in [2.45, 2.75) is 25.7 Å². The highest BCUT2D eigenvalue weighted by atomic mass is 16.5.